The van der Waals surface area contributed by atoms with E-state index in [-0.39, 0.29) is 24.3 Å². The molecule has 1 fully saturated rings. The van der Waals surface area contributed by atoms with Crippen LogP contribution in [0, 0.1) is 0 Å². The second kappa shape index (κ2) is 12.4. The maximum atomic E-state index is 13.8. The Bertz CT molecular complexity index is 986. The summed E-state index contributed by atoms with van der Waals surface area (Å²) >= 11 is 1.55. The van der Waals surface area contributed by atoms with Crippen LogP contribution in [0.2, 0.25) is 0 Å². The normalized spacial score (nSPS) is 15.9. The first-order valence-corrected chi connectivity index (χ1v) is 12.6. The Morgan fingerprint density at radius 3 is 2.48 bits per heavy atom. The van der Waals surface area contributed by atoms with Crippen molar-refractivity contribution in [2.75, 3.05) is 0 Å². The molecule has 174 valence electrons. The largest absolute Gasteiger partial charge is 0.351 e. The van der Waals surface area contributed by atoms with Crippen molar-refractivity contribution in [3.8, 4) is 0 Å². The second-order valence-corrected chi connectivity index (χ2v) is 9.62. The monoisotopic (exact) mass is 462 g/mol. The molecular formula is C28H34N2O2S. The van der Waals surface area contributed by atoms with Gasteiger partial charge in [0.25, 0.3) is 0 Å². The summed E-state index contributed by atoms with van der Waals surface area (Å²) in [5.41, 5.74) is 2.28. The number of nitrogens with one attached hydrogen (secondary N) is 1. The highest BCUT2D eigenvalue weighted by Crippen LogP contribution is 2.29. The fourth-order valence-corrected chi connectivity index (χ4v) is 4.98. The molecule has 3 rings (SSSR count). The topological polar surface area (TPSA) is 49.4 Å². The average molecular weight is 463 g/mol. The molecule has 0 saturated heterocycles. The second-order valence-electron chi connectivity index (χ2n) is 8.59. The van der Waals surface area contributed by atoms with Gasteiger partial charge in [0.1, 0.15) is 6.04 Å². The minimum atomic E-state index is -0.762. The highest BCUT2D eigenvalue weighted by molar-refractivity contribution is 7.10. The average Bonchev–Trinajstić information content (AvgIpc) is 3.31. The number of thiophene rings is 1. The summed E-state index contributed by atoms with van der Waals surface area (Å²) in [7, 11) is 0. The molecule has 4 nitrogen and oxygen atoms in total. The van der Waals surface area contributed by atoms with Gasteiger partial charge in [-0.1, -0.05) is 73.9 Å². The zero-order valence-electron chi connectivity index (χ0n) is 19.6. The van der Waals surface area contributed by atoms with Crippen LogP contribution < -0.4 is 5.32 Å². The van der Waals surface area contributed by atoms with Gasteiger partial charge in [0, 0.05) is 16.6 Å². The number of allylic oxidation sites excluding steroid dienone is 4. The maximum Gasteiger partial charge on any atom is 0.248 e. The Hall–Kier alpha value is -2.92. The molecule has 33 heavy (non-hydrogen) atoms. The molecule has 2 amide bonds. The van der Waals surface area contributed by atoms with Crippen molar-refractivity contribution in [1.29, 1.82) is 0 Å². The van der Waals surface area contributed by atoms with E-state index in [2.05, 4.69) is 11.9 Å². The van der Waals surface area contributed by atoms with Gasteiger partial charge in [-0.2, -0.15) is 0 Å². The molecule has 0 spiro atoms. The zero-order valence-corrected chi connectivity index (χ0v) is 20.4. The van der Waals surface area contributed by atoms with Crippen LogP contribution in [0.5, 0.6) is 0 Å². The van der Waals surface area contributed by atoms with Gasteiger partial charge in [0.05, 0.1) is 6.42 Å². The van der Waals surface area contributed by atoms with Crippen LogP contribution in [-0.4, -0.2) is 22.8 Å². The van der Waals surface area contributed by atoms with Gasteiger partial charge < -0.3 is 5.32 Å². The summed E-state index contributed by atoms with van der Waals surface area (Å²) in [6.07, 6.45) is 11.3. The van der Waals surface area contributed by atoms with Gasteiger partial charge in [0.2, 0.25) is 11.8 Å². The maximum absolute atomic E-state index is 13.8. The van der Waals surface area contributed by atoms with Crippen molar-refractivity contribution in [2.24, 2.45) is 0 Å². The van der Waals surface area contributed by atoms with E-state index in [9.17, 15) is 9.59 Å². The van der Waals surface area contributed by atoms with E-state index in [0.29, 0.717) is 5.70 Å². The molecule has 1 atom stereocenters. The Kier molecular flexibility index (Phi) is 9.25. The molecule has 1 saturated carbocycles. The Balaban J connectivity index is 2.05. The van der Waals surface area contributed by atoms with Crippen molar-refractivity contribution in [3.63, 3.8) is 0 Å². The fraction of sp³-hybridized carbons (Fsp3) is 0.357. The lowest BCUT2D eigenvalue weighted by molar-refractivity contribution is -0.138. The Labute approximate surface area is 201 Å². The summed E-state index contributed by atoms with van der Waals surface area (Å²) in [4.78, 5) is 30.2. The summed E-state index contributed by atoms with van der Waals surface area (Å²) in [6, 6.07) is 12.9. The number of amides is 2. The van der Waals surface area contributed by atoms with Crippen LogP contribution in [0.4, 0.5) is 0 Å². The van der Waals surface area contributed by atoms with Crippen molar-refractivity contribution in [2.45, 2.75) is 64.5 Å². The summed E-state index contributed by atoms with van der Waals surface area (Å²) < 4.78 is 0. The summed E-state index contributed by atoms with van der Waals surface area (Å²) in [5, 5.41) is 5.22. The summed E-state index contributed by atoms with van der Waals surface area (Å²) in [6.45, 7) is 7.82. The predicted octanol–water partition coefficient (Wildman–Crippen LogP) is 6.35. The smallest absolute Gasteiger partial charge is 0.248 e. The van der Waals surface area contributed by atoms with E-state index in [1.54, 1.807) is 16.2 Å². The number of carbonyl (C=O) groups excluding carboxylic acids is 2. The van der Waals surface area contributed by atoms with Gasteiger partial charge in [-0.25, -0.2) is 0 Å². The van der Waals surface area contributed by atoms with Crippen molar-refractivity contribution in [3.05, 3.63) is 94.4 Å². The third kappa shape index (κ3) is 7.03. The Morgan fingerprint density at radius 1 is 1.15 bits per heavy atom. The standard InChI is InChI=1S/C28H34N2O2S/c1-4-12-24(19-21(2)3)30(26(31)20-25-17-11-18-33-25)27(22-13-7-5-8-14-22)28(32)29-23-15-9-6-10-16-23/h4-5,7-8,11-14,17-19,23,27H,2,6,9-10,15-16,20H2,1,3H3,(H,29,32)/b12-4-,24-19+. The molecule has 1 aliphatic carbocycles. The first kappa shape index (κ1) is 24.7. The number of nitrogens with zero attached hydrogens (tertiary/aromatic N) is 1. The fourth-order valence-electron chi connectivity index (χ4n) is 4.29. The molecule has 0 radical (unpaired) electrons. The van der Waals surface area contributed by atoms with Crippen LogP contribution in [0.15, 0.2) is 83.9 Å². The molecule has 1 aliphatic rings. The van der Waals surface area contributed by atoms with E-state index in [1.165, 1.54) is 6.42 Å². The van der Waals surface area contributed by atoms with E-state index >= 15 is 0 Å². The molecular weight excluding hydrogens is 428 g/mol. The first-order valence-electron chi connectivity index (χ1n) is 11.7. The molecule has 1 aromatic carbocycles. The van der Waals surface area contributed by atoms with Crippen molar-refractivity contribution in [1.82, 2.24) is 10.2 Å². The van der Waals surface area contributed by atoms with E-state index in [4.69, 9.17) is 0 Å². The van der Waals surface area contributed by atoms with Crippen LogP contribution in [0.3, 0.4) is 0 Å². The van der Waals surface area contributed by atoms with Crippen LogP contribution in [0.25, 0.3) is 0 Å². The number of benzene rings is 1. The lowest BCUT2D eigenvalue weighted by Gasteiger charge is -2.34. The summed E-state index contributed by atoms with van der Waals surface area (Å²) in [5.74, 6) is -0.250. The predicted molar refractivity (Wildman–Crippen MR) is 137 cm³/mol. The van der Waals surface area contributed by atoms with Crippen LogP contribution in [0.1, 0.15) is 62.4 Å². The number of hydrogen-bond acceptors (Lipinski definition) is 3. The highest BCUT2D eigenvalue weighted by atomic mass is 32.1. The highest BCUT2D eigenvalue weighted by Gasteiger charge is 2.34. The molecule has 0 aliphatic heterocycles. The van der Waals surface area contributed by atoms with Gasteiger partial charge in [0.15, 0.2) is 0 Å². The molecule has 1 heterocycles. The Morgan fingerprint density at radius 2 is 1.88 bits per heavy atom. The first-order chi connectivity index (χ1) is 16.0. The van der Waals surface area contributed by atoms with E-state index in [1.807, 2.05) is 79.9 Å². The minimum absolute atomic E-state index is 0.115. The molecule has 5 heteroatoms. The molecule has 0 bridgehead atoms. The molecule has 1 aromatic heterocycles. The number of rotatable bonds is 9. The van der Waals surface area contributed by atoms with E-state index < -0.39 is 6.04 Å². The van der Waals surface area contributed by atoms with Gasteiger partial charge >= 0.3 is 0 Å². The minimum Gasteiger partial charge on any atom is -0.351 e. The quantitative estimate of drug-likeness (QED) is 0.442. The van der Waals surface area contributed by atoms with Crippen molar-refractivity contribution >= 4 is 23.2 Å². The van der Waals surface area contributed by atoms with Gasteiger partial charge in [-0.15, -0.1) is 11.3 Å². The third-order valence-electron chi connectivity index (χ3n) is 5.76. The zero-order chi connectivity index (χ0) is 23.6. The van der Waals surface area contributed by atoms with Gasteiger partial charge in [-0.3, -0.25) is 14.5 Å². The lowest BCUT2D eigenvalue weighted by atomic mass is 9.94. The lowest BCUT2D eigenvalue weighted by Crippen LogP contribution is -2.47. The SMILES string of the molecule is C=C(C)/C=C(\C=C/C)N(C(=O)Cc1cccs1)C(C(=O)NC1CCCCC1)c1ccccc1. The van der Waals surface area contributed by atoms with E-state index in [0.717, 1.165) is 41.7 Å². The third-order valence-corrected chi connectivity index (χ3v) is 6.63. The van der Waals surface area contributed by atoms with Crippen LogP contribution in [-0.2, 0) is 16.0 Å². The molecule has 1 unspecified atom stereocenters. The number of hydrogen-bond donors (Lipinski definition) is 1. The number of carbonyl (C=O) groups is 2. The molecule has 2 aromatic rings. The van der Waals surface area contributed by atoms with Gasteiger partial charge in [-0.05, 0) is 55.9 Å². The van der Waals surface area contributed by atoms with Crippen molar-refractivity contribution < 1.29 is 9.59 Å². The van der Waals surface area contributed by atoms with Crippen LogP contribution >= 0.6 is 11.3 Å². The molecule has 1 N–H and O–H groups in total.